The number of carbonyl (C=O) groups is 1. The lowest BCUT2D eigenvalue weighted by Crippen LogP contribution is -2.30. The summed E-state index contributed by atoms with van der Waals surface area (Å²) in [6.45, 7) is 3.14. The molecule has 0 bridgehead atoms. The minimum absolute atomic E-state index is 0.184. The fraction of sp³-hybridized carbons (Fsp3) is 0.348. The Balaban J connectivity index is 1.46. The number of nitrogens with zero attached hydrogens (tertiary/aromatic N) is 3. The van der Waals surface area contributed by atoms with Crippen LogP contribution >= 0.6 is 11.6 Å². The SMILES string of the molecule is Cc1cnc(NCC2CCCO2)nc1-n1ccc(C(=O)N[C@H](CO)c2cccc(Cl)c2)c1. The number of aromatic nitrogens is 3. The first kappa shape index (κ1) is 22.3. The monoisotopic (exact) mass is 455 g/mol. The van der Waals surface area contributed by atoms with E-state index in [2.05, 4.69) is 20.6 Å². The van der Waals surface area contributed by atoms with Gasteiger partial charge in [0.2, 0.25) is 5.95 Å². The molecular formula is C23H26ClN5O3. The Morgan fingerprint density at radius 2 is 2.28 bits per heavy atom. The largest absolute Gasteiger partial charge is 0.394 e. The van der Waals surface area contributed by atoms with Crippen molar-refractivity contribution in [1.29, 1.82) is 0 Å². The van der Waals surface area contributed by atoms with Gasteiger partial charge in [-0.05, 0) is 43.5 Å². The van der Waals surface area contributed by atoms with Crippen LogP contribution in [0.1, 0.15) is 40.4 Å². The molecule has 168 valence electrons. The van der Waals surface area contributed by atoms with E-state index in [-0.39, 0.29) is 18.6 Å². The van der Waals surface area contributed by atoms with E-state index in [0.29, 0.717) is 28.9 Å². The molecule has 3 aromatic rings. The molecule has 3 heterocycles. The number of aryl methyl sites for hydroxylation is 1. The first-order valence-electron chi connectivity index (χ1n) is 10.6. The molecule has 2 atom stereocenters. The molecule has 9 heteroatoms. The second-order valence-corrected chi connectivity index (χ2v) is 8.22. The molecule has 32 heavy (non-hydrogen) atoms. The summed E-state index contributed by atoms with van der Waals surface area (Å²) in [4.78, 5) is 21.7. The molecule has 2 aromatic heterocycles. The van der Waals surface area contributed by atoms with E-state index in [1.807, 2.05) is 13.0 Å². The highest BCUT2D eigenvalue weighted by Crippen LogP contribution is 2.19. The molecule has 0 spiro atoms. The van der Waals surface area contributed by atoms with Gasteiger partial charge in [-0.3, -0.25) is 4.79 Å². The minimum Gasteiger partial charge on any atom is -0.394 e. The smallest absolute Gasteiger partial charge is 0.253 e. The number of rotatable bonds is 8. The quantitative estimate of drug-likeness (QED) is 0.482. The molecule has 1 aromatic carbocycles. The molecule has 3 N–H and O–H groups in total. The van der Waals surface area contributed by atoms with Gasteiger partial charge in [0.15, 0.2) is 0 Å². The molecule has 1 aliphatic rings. The van der Waals surface area contributed by atoms with Crippen molar-refractivity contribution in [3.63, 3.8) is 0 Å². The van der Waals surface area contributed by atoms with Gasteiger partial charge in [0.25, 0.3) is 5.91 Å². The number of carbonyl (C=O) groups excluding carboxylic acids is 1. The van der Waals surface area contributed by atoms with E-state index >= 15 is 0 Å². The zero-order chi connectivity index (χ0) is 22.5. The number of hydrogen-bond donors (Lipinski definition) is 3. The zero-order valence-electron chi connectivity index (χ0n) is 17.8. The van der Waals surface area contributed by atoms with E-state index in [1.54, 1.807) is 47.4 Å². The van der Waals surface area contributed by atoms with Gasteiger partial charge < -0.3 is 25.0 Å². The van der Waals surface area contributed by atoms with Gasteiger partial charge in [-0.25, -0.2) is 4.98 Å². The normalized spacial score (nSPS) is 16.7. The number of hydrogen-bond acceptors (Lipinski definition) is 6. The summed E-state index contributed by atoms with van der Waals surface area (Å²) in [5.41, 5.74) is 2.07. The maximum atomic E-state index is 12.8. The highest BCUT2D eigenvalue weighted by Gasteiger charge is 2.18. The summed E-state index contributed by atoms with van der Waals surface area (Å²) < 4.78 is 7.42. The van der Waals surface area contributed by atoms with Crippen LogP contribution in [0.15, 0.2) is 48.9 Å². The van der Waals surface area contributed by atoms with Gasteiger partial charge in [0.05, 0.1) is 24.3 Å². The number of aliphatic hydroxyl groups is 1. The second-order valence-electron chi connectivity index (χ2n) is 7.79. The Kier molecular flexibility index (Phi) is 7.04. The van der Waals surface area contributed by atoms with Crippen LogP contribution in [0.3, 0.4) is 0 Å². The van der Waals surface area contributed by atoms with Crippen LogP contribution < -0.4 is 10.6 Å². The average molecular weight is 456 g/mol. The Labute approximate surface area is 191 Å². The molecule has 1 saturated heterocycles. The summed E-state index contributed by atoms with van der Waals surface area (Å²) in [6, 6.07) is 8.22. The topological polar surface area (TPSA) is 101 Å². The van der Waals surface area contributed by atoms with E-state index in [0.717, 1.165) is 30.6 Å². The second kappa shape index (κ2) is 10.1. The van der Waals surface area contributed by atoms with Crippen molar-refractivity contribution in [3.8, 4) is 5.82 Å². The van der Waals surface area contributed by atoms with Gasteiger partial charge in [-0.1, -0.05) is 23.7 Å². The van der Waals surface area contributed by atoms with Crippen molar-refractivity contribution in [3.05, 3.63) is 70.6 Å². The summed E-state index contributed by atoms with van der Waals surface area (Å²) in [7, 11) is 0. The Bertz CT molecular complexity index is 1080. The van der Waals surface area contributed by atoms with E-state index in [1.165, 1.54) is 0 Å². The van der Waals surface area contributed by atoms with Crippen molar-refractivity contribution >= 4 is 23.5 Å². The molecule has 4 rings (SSSR count). The molecule has 8 nitrogen and oxygen atoms in total. The molecule has 1 amide bonds. The summed E-state index contributed by atoms with van der Waals surface area (Å²) in [5, 5.41) is 16.4. The van der Waals surface area contributed by atoms with Crippen LogP contribution in [0.4, 0.5) is 5.95 Å². The van der Waals surface area contributed by atoms with Gasteiger partial charge in [0, 0.05) is 42.3 Å². The lowest BCUT2D eigenvalue weighted by molar-refractivity contribution is 0.0916. The highest BCUT2D eigenvalue weighted by atomic mass is 35.5. The van der Waals surface area contributed by atoms with Crippen molar-refractivity contribution in [1.82, 2.24) is 19.9 Å². The third kappa shape index (κ3) is 5.27. The number of amides is 1. The van der Waals surface area contributed by atoms with E-state index < -0.39 is 6.04 Å². The molecular weight excluding hydrogens is 430 g/mol. The number of ether oxygens (including phenoxy) is 1. The Hall–Kier alpha value is -2.94. The fourth-order valence-corrected chi connectivity index (χ4v) is 3.85. The molecule has 1 fully saturated rings. The van der Waals surface area contributed by atoms with E-state index in [9.17, 15) is 9.90 Å². The van der Waals surface area contributed by atoms with Crippen molar-refractivity contribution in [2.24, 2.45) is 0 Å². The third-order valence-corrected chi connectivity index (χ3v) is 5.63. The third-order valence-electron chi connectivity index (χ3n) is 5.40. The molecule has 0 radical (unpaired) electrons. The maximum absolute atomic E-state index is 12.8. The number of benzene rings is 1. The standard InChI is InChI=1S/C23H26ClN5O3/c1-15-11-25-23(26-12-19-6-3-9-32-19)28-21(15)29-8-7-17(13-29)22(31)27-20(14-30)16-4-2-5-18(24)10-16/h2,4-5,7-8,10-11,13,19-20,30H,3,6,9,12,14H2,1H3,(H,27,31)(H,25,26,28)/t19?,20-/m1/s1. The molecule has 0 saturated carbocycles. The molecule has 1 unspecified atom stereocenters. The summed E-state index contributed by atoms with van der Waals surface area (Å²) in [5.74, 6) is 0.899. The van der Waals surface area contributed by atoms with Crippen LogP contribution in [0.2, 0.25) is 5.02 Å². The first-order chi connectivity index (χ1) is 15.5. The van der Waals surface area contributed by atoms with Crippen LogP contribution in [0.5, 0.6) is 0 Å². The molecule has 1 aliphatic heterocycles. The van der Waals surface area contributed by atoms with Crippen LogP contribution in [0.25, 0.3) is 5.82 Å². The Morgan fingerprint density at radius 3 is 3.03 bits per heavy atom. The molecule has 0 aliphatic carbocycles. The van der Waals surface area contributed by atoms with Crippen LogP contribution in [-0.4, -0.2) is 51.4 Å². The van der Waals surface area contributed by atoms with Crippen LogP contribution in [0, 0.1) is 6.92 Å². The van der Waals surface area contributed by atoms with Gasteiger partial charge >= 0.3 is 0 Å². The first-order valence-corrected chi connectivity index (χ1v) is 11.0. The van der Waals surface area contributed by atoms with Crippen molar-refractivity contribution < 1.29 is 14.6 Å². The van der Waals surface area contributed by atoms with Crippen LogP contribution in [-0.2, 0) is 4.74 Å². The van der Waals surface area contributed by atoms with Gasteiger partial charge in [-0.15, -0.1) is 0 Å². The lowest BCUT2D eigenvalue weighted by Gasteiger charge is -2.16. The zero-order valence-corrected chi connectivity index (χ0v) is 18.5. The fourth-order valence-electron chi connectivity index (χ4n) is 3.65. The maximum Gasteiger partial charge on any atom is 0.253 e. The van der Waals surface area contributed by atoms with E-state index in [4.69, 9.17) is 16.3 Å². The minimum atomic E-state index is -0.557. The number of halogens is 1. The predicted octanol–water partition coefficient (Wildman–Crippen LogP) is 3.28. The predicted molar refractivity (Wildman–Crippen MR) is 122 cm³/mol. The highest BCUT2D eigenvalue weighted by molar-refractivity contribution is 6.30. The summed E-state index contributed by atoms with van der Waals surface area (Å²) >= 11 is 6.04. The van der Waals surface area contributed by atoms with Crippen molar-refractivity contribution in [2.75, 3.05) is 25.1 Å². The summed E-state index contributed by atoms with van der Waals surface area (Å²) in [6.07, 6.45) is 7.54. The Morgan fingerprint density at radius 1 is 1.41 bits per heavy atom. The number of nitrogens with one attached hydrogen (secondary N) is 2. The lowest BCUT2D eigenvalue weighted by atomic mass is 10.1. The average Bonchev–Trinajstić information content (AvgIpc) is 3.49. The van der Waals surface area contributed by atoms with Crippen molar-refractivity contribution in [2.45, 2.75) is 31.9 Å². The van der Waals surface area contributed by atoms with Gasteiger partial charge in [-0.2, -0.15) is 4.98 Å². The number of anilines is 1. The van der Waals surface area contributed by atoms with Gasteiger partial charge in [0.1, 0.15) is 5.82 Å². The number of aliphatic hydroxyl groups excluding tert-OH is 1.